The number of nitrogens with zero attached hydrogens (tertiary/aromatic N) is 3. The monoisotopic (exact) mass is 215 g/mol. The summed E-state index contributed by atoms with van der Waals surface area (Å²) in [6.07, 6.45) is 1.57. The number of ether oxygens (including phenoxy) is 1. The van der Waals surface area contributed by atoms with Gasteiger partial charge in [-0.05, 0) is 6.92 Å². The summed E-state index contributed by atoms with van der Waals surface area (Å²) in [6, 6.07) is 0. The SMILES string of the molecule is CC1CN(c2ncns2)CC(CO)O1. The van der Waals surface area contributed by atoms with Crippen molar-refractivity contribution in [2.45, 2.75) is 19.1 Å². The van der Waals surface area contributed by atoms with Crippen LogP contribution in [0.15, 0.2) is 6.33 Å². The zero-order valence-electron chi connectivity index (χ0n) is 7.96. The molecule has 2 rings (SSSR count). The van der Waals surface area contributed by atoms with Crippen LogP contribution in [0.3, 0.4) is 0 Å². The van der Waals surface area contributed by atoms with E-state index >= 15 is 0 Å². The Labute approximate surface area is 86.5 Å². The van der Waals surface area contributed by atoms with Gasteiger partial charge in [-0.2, -0.15) is 4.37 Å². The molecule has 6 heteroatoms. The summed E-state index contributed by atoms with van der Waals surface area (Å²) in [5, 5.41) is 9.94. The quantitative estimate of drug-likeness (QED) is 0.759. The van der Waals surface area contributed by atoms with Crippen LogP contribution in [-0.2, 0) is 4.74 Å². The van der Waals surface area contributed by atoms with Gasteiger partial charge in [0, 0.05) is 24.6 Å². The first-order valence-electron chi connectivity index (χ1n) is 4.57. The van der Waals surface area contributed by atoms with Gasteiger partial charge >= 0.3 is 0 Å². The second kappa shape index (κ2) is 4.20. The van der Waals surface area contributed by atoms with E-state index in [0.29, 0.717) is 6.54 Å². The van der Waals surface area contributed by atoms with E-state index in [1.165, 1.54) is 11.5 Å². The molecule has 0 radical (unpaired) electrons. The lowest BCUT2D eigenvalue weighted by Crippen LogP contribution is -2.48. The van der Waals surface area contributed by atoms with Crippen LogP contribution >= 0.6 is 11.5 Å². The number of aliphatic hydroxyl groups is 1. The number of hydrogen-bond donors (Lipinski definition) is 1. The lowest BCUT2D eigenvalue weighted by atomic mass is 10.2. The molecule has 2 atom stereocenters. The zero-order valence-corrected chi connectivity index (χ0v) is 8.78. The highest BCUT2D eigenvalue weighted by Crippen LogP contribution is 2.20. The molecule has 1 N–H and O–H groups in total. The standard InChI is InChI=1S/C8H13N3O2S/c1-6-2-11(3-7(4-12)13-6)8-9-5-10-14-8/h5-7,12H,2-4H2,1H3. The molecule has 2 heterocycles. The lowest BCUT2D eigenvalue weighted by Gasteiger charge is -2.35. The first-order chi connectivity index (χ1) is 6.79. The minimum Gasteiger partial charge on any atom is -0.394 e. The van der Waals surface area contributed by atoms with Crippen molar-refractivity contribution in [1.82, 2.24) is 9.36 Å². The largest absolute Gasteiger partial charge is 0.394 e. The van der Waals surface area contributed by atoms with Crippen LogP contribution < -0.4 is 4.90 Å². The molecule has 0 amide bonds. The third-order valence-corrected chi connectivity index (χ3v) is 2.88. The fraction of sp³-hybridized carbons (Fsp3) is 0.750. The molecule has 0 aromatic carbocycles. The van der Waals surface area contributed by atoms with Crippen LogP contribution in [-0.4, -0.2) is 46.4 Å². The Bertz CT molecular complexity index is 280. The van der Waals surface area contributed by atoms with Crippen molar-refractivity contribution < 1.29 is 9.84 Å². The maximum atomic E-state index is 9.04. The fourth-order valence-electron chi connectivity index (χ4n) is 1.61. The van der Waals surface area contributed by atoms with Gasteiger partial charge in [0.15, 0.2) is 0 Å². The molecule has 2 unspecified atom stereocenters. The molecule has 5 nitrogen and oxygen atoms in total. The number of aliphatic hydroxyl groups excluding tert-OH is 1. The lowest BCUT2D eigenvalue weighted by molar-refractivity contribution is -0.0421. The molecule has 1 fully saturated rings. The van der Waals surface area contributed by atoms with Crippen LogP contribution in [0.5, 0.6) is 0 Å². The molecule has 0 saturated carbocycles. The zero-order chi connectivity index (χ0) is 9.97. The van der Waals surface area contributed by atoms with Crippen molar-refractivity contribution in [3.8, 4) is 0 Å². The summed E-state index contributed by atoms with van der Waals surface area (Å²) in [4.78, 5) is 6.24. The molecule has 78 valence electrons. The van der Waals surface area contributed by atoms with E-state index < -0.39 is 0 Å². The highest BCUT2D eigenvalue weighted by Gasteiger charge is 2.26. The van der Waals surface area contributed by atoms with Crippen LogP contribution in [0.2, 0.25) is 0 Å². The van der Waals surface area contributed by atoms with Crippen molar-refractivity contribution in [3.05, 3.63) is 6.33 Å². The Morgan fingerprint density at radius 2 is 2.57 bits per heavy atom. The third-order valence-electron chi connectivity index (χ3n) is 2.15. The van der Waals surface area contributed by atoms with Crippen molar-refractivity contribution in [2.24, 2.45) is 0 Å². The van der Waals surface area contributed by atoms with Crippen LogP contribution in [0.1, 0.15) is 6.92 Å². The molecule has 1 saturated heterocycles. The number of hydrogen-bond acceptors (Lipinski definition) is 6. The predicted molar refractivity (Wildman–Crippen MR) is 53.5 cm³/mol. The minimum absolute atomic E-state index is 0.0552. The van der Waals surface area contributed by atoms with Crippen molar-refractivity contribution in [3.63, 3.8) is 0 Å². The highest BCUT2D eigenvalue weighted by molar-refractivity contribution is 7.09. The third kappa shape index (κ3) is 2.02. The van der Waals surface area contributed by atoms with E-state index in [4.69, 9.17) is 9.84 Å². The molecule has 0 aliphatic carbocycles. The minimum atomic E-state index is -0.109. The van der Waals surface area contributed by atoms with Gasteiger partial charge in [-0.25, -0.2) is 4.98 Å². The molecule has 0 bridgehead atoms. The maximum Gasteiger partial charge on any atom is 0.205 e. The van der Waals surface area contributed by atoms with Gasteiger partial charge in [-0.15, -0.1) is 0 Å². The molecular formula is C8H13N3O2S. The molecule has 1 aromatic rings. The van der Waals surface area contributed by atoms with E-state index in [2.05, 4.69) is 14.3 Å². The number of morpholine rings is 1. The summed E-state index contributed by atoms with van der Waals surface area (Å²) in [7, 11) is 0. The average molecular weight is 215 g/mol. The Kier molecular flexibility index (Phi) is 2.95. The van der Waals surface area contributed by atoms with Gasteiger partial charge < -0.3 is 14.7 Å². The topological polar surface area (TPSA) is 58.5 Å². The Balaban J connectivity index is 2.05. The maximum absolute atomic E-state index is 9.04. The molecular weight excluding hydrogens is 202 g/mol. The van der Waals surface area contributed by atoms with Crippen molar-refractivity contribution >= 4 is 16.7 Å². The van der Waals surface area contributed by atoms with Gasteiger partial charge in [0.25, 0.3) is 0 Å². The Morgan fingerprint density at radius 1 is 1.71 bits per heavy atom. The van der Waals surface area contributed by atoms with E-state index in [-0.39, 0.29) is 18.8 Å². The van der Waals surface area contributed by atoms with Gasteiger partial charge in [-0.3, -0.25) is 0 Å². The normalized spacial score (nSPS) is 28.0. The molecule has 14 heavy (non-hydrogen) atoms. The summed E-state index contributed by atoms with van der Waals surface area (Å²) in [5.41, 5.74) is 0. The van der Waals surface area contributed by atoms with E-state index in [9.17, 15) is 0 Å². The van der Waals surface area contributed by atoms with Crippen LogP contribution in [0.4, 0.5) is 5.13 Å². The second-order valence-corrected chi connectivity index (χ2v) is 4.14. The number of anilines is 1. The predicted octanol–water partition coefficient (Wildman–Crippen LogP) is 0.124. The molecule has 1 aliphatic heterocycles. The Morgan fingerprint density at radius 3 is 3.21 bits per heavy atom. The van der Waals surface area contributed by atoms with E-state index in [1.807, 2.05) is 6.92 Å². The van der Waals surface area contributed by atoms with E-state index in [0.717, 1.165) is 11.7 Å². The summed E-state index contributed by atoms with van der Waals surface area (Å²) >= 11 is 1.37. The van der Waals surface area contributed by atoms with Gasteiger partial charge in [0.05, 0.1) is 18.8 Å². The fourth-order valence-corrected chi connectivity index (χ4v) is 2.16. The smallest absolute Gasteiger partial charge is 0.205 e. The van der Waals surface area contributed by atoms with Gasteiger partial charge in [-0.1, -0.05) is 0 Å². The summed E-state index contributed by atoms with van der Waals surface area (Å²) < 4.78 is 9.49. The van der Waals surface area contributed by atoms with E-state index in [1.54, 1.807) is 6.33 Å². The highest BCUT2D eigenvalue weighted by atomic mass is 32.1. The summed E-state index contributed by atoms with van der Waals surface area (Å²) in [5.74, 6) is 0. The molecule has 1 aromatic heterocycles. The van der Waals surface area contributed by atoms with Gasteiger partial charge in [0.1, 0.15) is 6.33 Å². The number of aromatic nitrogens is 2. The molecule has 0 spiro atoms. The molecule has 1 aliphatic rings. The first-order valence-corrected chi connectivity index (χ1v) is 5.35. The van der Waals surface area contributed by atoms with Gasteiger partial charge in [0.2, 0.25) is 5.13 Å². The van der Waals surface area contributed by atoms with Crippen LogP contribution in [0.25, 0.3) is 0 Å². The first kappa shape index (κ1) is 9.82. The van der Waals surface area contributed by atoms with Crippen LogP contribution in [0, 0.1) is 0 Å². The van der Waals surface area contributed by atoms with Crippen molar-refractivity contribution in [1.29, 1.82) is 0 Å². The van der Waals surface area contributed by atoms with Crippen molar-refractivity contribution in [2.75, 3.05) is 24.6 Å². The second-order valence-electron chi connectivity index (χ2n) is 3.38. The summed E-state index contributed by atoms with van der Waals surface area (Å²) in [6.45, 7) is 3.55. The Hall–Kier alpha value is -0.720. The average Bonchev–Trinajstić information content (AvgIpc) is 2.69. The number of rotatable bonds is 2.